The van der Waals surface area contributed by atoms with Crippen molar-refractivity contribution in [3.8, 4) is 17.3 Å². The van der Waals surface area contributed by atoms with Crippen LogP contribution in [0.4, 0.5) is 10.5 Å². The van der Waals surface area contributed by atoms with Gasteiger partial charge in [-0.05, 0) is 42.3 Å². The highest BCUT2D eigenvalue weighted by Crippen LogP contribution is 2.34. The van der Waals surface area contributed by atoms with Crippen molar-refractivity contribution in [2.24, 2.45) is 7.05 Å². The first-order valence-corrected chi connectivity index (χ1v) is 8.65. The summed E-state index contributed by atoms with van der Waals surface area (Å²) in [6.07, 6.45) is 0.297. The Balaban J connectivity index is 1.96. The fourth-order valence-corrected chi connectivity index (χ4v) is 3.10. The number of fused-ring (bicyclic) bond motifs is 1. The van der Waals surface area contributed by atoms with Gasteiger partial charge in [0.2, 0.25) is 0 Å². The van der Waals surface area contributed by atoms with Crippen molar-refractivity contribution in [3.05, 3.63) is 53.1 Å². The topological polar surface area (TPSA) is 67.0 Å². The third kappa shape index (κ3) is 3.37. The van der Waals surface area contributed by atoms with Gasteiger partial charge in [0.15, 0.2) is 0 Å². The minimum Gasteiger partial charge on any atom is -0.449 e. The van der Waals surface area contributed by atoms with Crippen LogP contribution in [0.25, 0.3) is 22.2 Å². The number of halogens is 1. The maximum absolute atomic E-state index is 11.6. The van der Waals surface area contributed by atoms with E-state index in [0.29, 0.717) is 22.9 Å². The second-order valence-corrected chi connectivity index (χ2v) is 6.33. The number of anilines is 1. The van der Waals surface area contributed by atoms with E-state index in [0.717, 1.165) is 28.6 Å². The smallest absolute Gasteiger partial charge is 0.411 e. The molecule has 0 saturated carbocycles. The number of ether oxygens (including phenoxy) is 1. The number of nitrogens with zero attached hydrogens (tertiary/aromatic N) is 2. The molecule has 0 saturated heterocycles. The molecule has 0 aliphatic rings. The first kappa shape index (κ1) is 17.8. The summed E-state index contributed by atoms with van der Waals surface area (Å²) in [6, 6.07) is 15.1. The second kappa shape index (κ2) is 7.51. The molecule has 0 unspecified atom stereocenters. The summed E-state index contributed by atoms with van der Waals surface area (Å²) in [4.78, 5) is 11.6. The van der Waals surface area contributed by atoms with Gasteiger partial charge in [-0.3, -0.25) is 5.32 Å². The summed E-state index contributed by atoms with van der Waals surface area (Å²) in [6.45, 7) is 2.32. The minimum atomic E-state index is -0.475. The molecular weight excluding hydrogens is 350 g/mol. The number of amides is 1. The normalized spacial score (nSPS) is 10.5. The van der Waals surface area contributed by atoms with Crippen LogP contribution in [0.2, 0.25) is 5.02 Å². The van der Waals surface area contributed by atoms with E-state index in [1.165, 1.54) is 0 Å². The molecule has 3 aromatic rings. The monoisotopic (exact) mass is 367 g/mol. The number of benzene rings is 2. The van der Waals surface area contributed by atoms with Crippen molar-refractivity contribution >= 4 is 34.3 Å². The van der Waals surface area contributed by atoms with Crippen LogP contribution in [0, 0.1) is 11.3 Å². The van der Waals surface area contributed by atoms with Crippen LogP contribution in [0.3, 0.4) is 0 Å². The van der Waals surface area contributed by atoms with E-state index in [1.807, 2.05) is 42.8 Å². The molecule has 0 aliphatic heterocycles. The lowest BCUT2D eigenvalue weighted by molar-refractivity contribution is 0.161. The Kier molecular flexibility index (Phi) is 5.15. The highest BCUT2D eigenvalue weighted by Gasteiger charge is 2.17. The van der Waals surface area contributed by atoms with Gasteiger partial charge in [-0.15, -0.1) is 0 Å². The average molecular weight is 368 g/mol. The number of hydrogen-bond donors (Lipinski definition) is 1. The molecule has 2 aromatic carbocycles. The molecule has 1 heterocycles. The van der Waals surface area contributed by atoms with E-state index < -0.39 is 6.09 Å². The first-order valence-electron chi connectivity index (χ1n) is 8.27. The number of carbonyl (C=O) groups excluding carboxylic acids is 1. The zero-order valence-electron chi connectivity index (χ0n) is 14.5. The van der Waals surface area contributed by atoms with Crippen LogP contribution in [-0.4, -0.2) is 17.3 Å². The van der Waals surface area contributed by atoms with Gasteiger partial charge < -0.3 is 9.30 Å². The maximum Gasteiger partial charge on any atom is 0.411 e. The molecule has 0 fully saturated rings. The van der Waals surface area contributed by atoms with E-state index in [1.54, 1.807) is 18.2 Å². The molecule has 0 aliphatic carbocycles. The number of nitrogens with one attached hydrogen (secondary N) is 1. The predicted octanol–water partition coefficient (Wildman–Crippen LogP) is 5.33. The predicted molar refractivity (Wildman–Crippen MR) is 103 cm³/mol. The van der Waals surface area contributed by atoms with E-state index >= 15 is 0 Å². The lowest BCUT2D eigenvalue weighted by Gasteiger charge is -2.08. The fraction of sp³-hybridized carbons (Fsp3) is 0.200. The first-order chi connectivity index (χ1) is 12.5. The summed E-state index contributed by atoms with van der Waals surface area (Å²) in [7, 11) is 1.92. The number of aryl methyl sites for hydroxylation is 1. The SMILES string of the molecule is CCCOC(=O)Nc1ccc(-c2c(C#N)c3cc(Cl)ccc3n2C)cc1. The Labute approximate surface area is 156 Å². The van der Waals surface area contributed by atoms with Gasteiger partial charge in [-0.2, -0.15) is 5.26 Å². The molecule has 0 radical (unpaired) electrons. The average Bonchev–Trinajstić information content (AvgIpc) is 2.91. The van der Waals surface area contributed by atoms with Gasteiger partial charge >= 0.3 is 6.09 Å². The Morgan fingerprint density at radius 1 is 1.27 bits per heavy atom. The molecule has 0 spiro atoms. The lowest BCUT2D eigenvalue weighted by atomic mass is 10.1. The quantitative estimate of drug-likeness (QED) is 0.677. The van der Waals surface area contributed by atoms with Crippen molar-refractivity contribution in [3.63, 3.8) is 0 Å². The van der Waals surface area contributed by atoms with Gasteiger partial charge in [-0.25, -0.2) is 4.79 Å². The van der Waals surface area contributed by atoms with Crippen molar-refractivity contribution in [1.29, 1.82) is 5.26 Å². The summed E-state index contributed by atoms with van der Waals surface area (Å²) >= 11 is 6.09. The summed E-state index contributed by atoms with van der Waals surface area (Å²) < 4.78 is 6.98. The van der Waals surface area contributed by atoms with Gasteiger partial charge in [-0.1, -0.05) is 30.7 Å². The van der Waals surface area contributed by atoms with Gasteiger partial charge in [0.1, 0.15) is 6.07 Å². The third-order valence-corrected chi connectivity index (χ3v) is 4.35. The van der Waals surface area contributed by atoms with Crippen LogP contribution in [0.15, 0.2) is 42.5 Å². The van der Waals surface area contributed by atoms with Gasteiger partial charge in [0.05, 0.1) is 17.9 Å². The molecule has 26 heavy (non-hydrogen) atoms. The second-order valence-electron chi connectivity index (χ2n) is 5.89. The molecule has 6 heteroatoms. The van der Waals surface area contributed by atoms with E-state index in [2.05, 4.69) is 11.4 Å². The lowest BCUT2D eigenvalue weighted by Crippen LogP contribution is -2.13. The zero-order valence-corrected chi connectivity index (χ0v) is 15.3. The number of nitriles is 1. The largest absolute Gasteiger partial charge is 0.449 e. The molecule has 1 N–H and O–H groups in total. The van der Waals surface area contributed by atoms with Crippen LogP contribution < -0.4 is 5.32 Å². The Hall–Kier alpha value is -2.97. The number of rotatable bonds is 4. The molecule has 0 atom stereocenters. The van der Waals surface area contributed by atoms with Crippen LogP contribution in [0.1, 0.15) is 18.9 Å². The highest BCUT2D eigenvalue weighted by molar-refractivity contribution is 6.31. The Morgan fingerprint density at radius 2 is 2.00 bits per heavy atom. The number of aromatic nitrogens is 1. The summed E-state index contributed by atoms with van der Waals surface area (Å²) in [5.41, 5.74) is 3.84. The van der Waals surface area contributed by atoms with Crippen molar-refractivity contribution in [1.82, 2.24) is 4.57 Å². The maximum atomic E-state index is 11.6. The third-order valence-electron chi connectivity index (χ3n) is 4.12. The molecule has 0 bridgehead atoms. The van der Waals surface area contributed by atoms with Crippen LogP contribution in [-0.2, 0) is 11.8 Å². The van der Waals surface area contributed by atoms with E-state index in [9.17, 15) is 10.1 Å². The zero-order chi connectivity index (χ0) is 18.7. The molecule has 1 aromatic heterocycles. The Morgan fingerprint density at radius 3 is 2.65 bits per heavy atom. The van der Waals surface area contributed by atoms with Crippen molar-refractivity contribution in [2.75, 3.05) is 11.9 Å². The Bertz CT molecular complexity index is 1000. The molecule has 3 rings (SSSR count). The number of carbonyl (C=O) groups is 1. The van der Waals surface area contributed by atoms with Crippen LogP contribution in [0.5, 0.6) is 0 Å². The van der Waals surface area contributed by atoms with Gasteiger partial charge in [0, 0.05) is 28.7 Å². The van der Waals surface area contributed by atoms with Crippen molar-refractivity contribution in [2.45, 2.75) is 13.3 Å². The van der Waals surface area contributed by atoms with Crippen LogP contribution >= 0.6 is 11.6 Å². The number of hydrogen-bond acceptors (Lipinski definition) is 3. The van der Waals surface area contributed by atoms with Gasteiger partial charge in [0.25, 0.3) is 0 Å². The van der Waals surface area contributed by atoms with E-state index in [4.69, 9.17) is 16.3 Å². The standard InChI is InChI=1S/C20H18ClN3O2/c1-3-10-26-20(25)23-15-7-4-13(5-8-15)19-17(12-22)16-11-14(21)6-9-18(16)24(19)2/h4-9,11H,3,10H2,1-2H3,(H,23,25). The highest BCUT2D eigenvalue weighted by atomic mass is 35.5. The van der Waals surface area contributed by atoms with E-state index in [-0.39, 0.29) is 0 Å². The fourth-order valence-electron chi connectivity index (χ4n) is 2.93. The molecule has 1 amide bonds. The summed E-state index contributed by atoms with van der Waals surface area (Å²) in [5, 5.41) is 13.8. The summed E-state index contributed by atoms with van der Waals surface area (Å²) in [5.74, 6) is 0. The van der Waals surface area contributed by atoms with Crippen molar-refractivity contribution < 1.29 is 9.53 Å². The molecular formula is C20H18ClN3O2. The minimum absolute atomic E-state index is 0.383. The molecule has 132 valence electrons. The molecule has 5 nitrogen and oxygen atoms in total.